The molecule has 0 bridgehead atoms. The van der Waals surface area contributed by atoms with Gasteiger partial charge in [-0.1, -0.05) is 6.07 Å². The van der Waals surface area contributed by atoms with Gasteiger partial charge in [-0.2, -0.15) is 0 Å². The zero-order valence-electron chi connectivity index (χ0n) is 12.4. The van der Waals surface area contributed by atoms with Crippen molar-refractivity contribution in [2.24, 2.45) is 0 Å². The van der Waals surface area contributed by atoms with Crippen molar-refractivity contribution in [3.05, 3.63) is 65.0 Å². The second-order valence-electron chi connectivity index (χ2n) is 5.01. The van der Waals surface area contributed by atoms with Crippen LogP contribution in [0, 0.1) is 19.7 Å². The highest BCUT2D eigenvalue weighted by Gasteiger charge is 2.10. The number of nitrogens with one attached hydrogen (secondary N) is 1. The van der Waals surface area contributed by atoms with E-state index in [1.807, 2.05) is 32.0 Å². The van der Waals surface area contributed by atoms with Crippen LogP contribution in [0.5, 0.6) is 0 Å². The molecule has 0 unspecified atom stereocenters. The Hall–Kier alpha value is -2.69. The Labute approximate surface area is 127 Å². The van der Waals surface area contributed by atoms with Crippen LogP contribution >= 0.6 is 0 Å². The Kier molecular flexibility index (Phi) is 4.88. The van der Waals surface area contributed by atoms with Gasteiger partial charge in [-0.05, 0) is 61.4 Å². The molecule has 0 radical (unpaired) electrons. The number of carbonyl (C=O) groups is 2. The molecule has 1 N–H and O–H groups in total. The van der Waals surface area contributed by atoms with E-state index in [0.717, 1.165) is 23.3 Å². The normalized spacial score (nSPS) is 10.1. The molecule has 5 heteroatoms. The molecular formula is C17H16FNO3. The summed E-state index contributed by atoms with van der Waals surface area (Å²) in [7, 11) is 0. The summed E-state index contributed by atoms with van der Waals surface area (Å²) in [5, 5.41) is 2.66. The predicted octanol–water partition coefficient (Wildman–Crippen LogP) is 3.24. The monoisotopic (exact) mass is 301 g/mol. The number of anilines is 1. The molecule has 2 aromatic rings. The summed E-state index contributed by atoms with van der Waals surface area (Å²) < 4.78 is 17.6. The summed E-state index contributed by atoms with van der Waals surface area (Å²) in [4.78, 5) is 23.5. The maximum absolute atomic E-state index is 12.8. The molecule has 22 heavy (non-hydrogen) atoms. The minimum absolute atomic E-state index is 0.195. The average Bonchev–Trinajstić information content (AvgIpc) is 2.44. The summed E-state index contributed by atoms with van der Waals surface area (Å²) in [6.07, 6.45) is 0. The third kappa shape index (κ3) is 4.41. The Morgan fingerprint density at radius 3 is 2.23 bits per heavy atom. The van der Waals surface area contributed by atoms with E-state index in [1.165, 1.54) is 12.1 Å². The zero-order valence-corrected chi connectivity index (χ0v) is 12.4. The summed E-state index contributed by atoms with van der Waals surface area (Å²) in [6, 6.07) is 10.6. The lowest BCUT2D eigenvalue weighted by Gasteiger charge is -2.08. The highest BCUT2D eigenvalue weighted by molar-refractivity contribution is 5.95. The van der Waals surface area contributed by atoms with Gasteiger partial charge in [0.15, 0.2) is 6.61 Å². The van der Waals surface area contributed by atoms with Crippen LogP contribution in [0.15, 0.2) is 42.5 Å². The van der Waals surface area contributed by atoms with E-state index in [2.05, 4.69) is 5.32 Å². The van der Waals surface area contributed by atoms with E-state index in [4.69, 9.17) is 4.74 Å². The van der Waals surface area contributed by atoms with Crippen LogP contribution in [-0.4, -0.2) is 18.5 Å². The highest BCUT2D eigenvalue weighted by Crippen LogP contribution is 2.13. The third-order valence-corrected chi connectivity index (χ3v) is 2.92. The predicted molar refractivity (Wildman–Crippen MR) is 81.2 cm³/mol. The molecule has 114 valence electrons. The number of halogens is 1. The van der Waals surface area contributed by atoms with Crippen LogP contribution in [-0.2, 0) is 9.53 Å². The first-order chi connectivity index (χ1) is 10.4. The van der Waals surface area contributed by atoms with Crippen molar-refractivity contribution in [1.82, 2.24) is 0 Å². The van der Waals surface area contributed by atoms with Crippen LogP contribution in [0.2, 0.25) is 0 Å². The largest absolute Gasteiger partial charge is 0.452 e. The van der Waals surface area contributed by atoms with Gasteiger partial charge in [0.2, 0.25) is 0 Å². The fourth-order valence-electron chi connectivity index (χ4n) is 2.04. The summed E-state index contributed by atoms with van der Waals surface area (Å²) in [6.45, 7) is 3.46. The first-order valence-corrected chi connectivity index (χ1v) is 6.75. The molecule has 2 rings (SSSR count). The van der Waals surface area contributed by atoms with Gasteiger partial charge in [-0.25, -0.2) is 9.18 Å². The van der Waals surface area contributed by atoms with Gasteiger partial charge in [-0.15, -0.1) is 0 Å². The van der Waals surface area contributed by atoms with Crippen LogP contribution in [0.1, 0.15) is 21.5 Å². The number of ether oxygens (including phenoxy) is 1. The Morgan fingerprint density at radius 1 is 1.05 bits per heavy atom. The van der Waals surface area contributed by atoms with E-state index in [9.17, 15) is 14.0 Å². The second kappa shape index (κ2) is 6.85. The Balaban J connectivity index is 1.89. The minimum Gasteiger partial charge on any atom is -0.452 e. The molecule has 0 aliphatic rings. The lowest BCUT2D eigenvalue weighted by atomic mass is 10.1. The molecule has 4 nitrogen and oxygen atoms in total. The van der Waals surface area contributed by atoms with E-state index in [1.54, 1.807) is 0 Å². The lowest BCUT2D eigenvalue weighted by molar-refractivity contribution is -0.119. The Morgan fingerprint density at radius 2 is 1.64 bits per heavy atom. The molecule has 0 spiro atoms. The topological polar surface area (TPSA) is 55.4 Å². The van der Waals surface area contributed by atoms with Crippen molar-refractivity contribution in [2.45, 2.75) is 13.8 Å². The fourth-order valence-corrected chi connectivity index (χ4v) is 2.04. The number of hydrogen-bond acceptors (Lipinski definition) is 3. The first-order valence-electron chi connectivity index (χ1n) is 6.75. The standard InChI is InChI=1S/C17H16FNO3/c1-11-7-12(2)9-15(8-11)19-16(20)10-22-17(21)13-3-5-14(18)6-4-13/h3-9H,10H2,1-2H3,(H,19,20). The number of aryl methyl sites for hydroxylation is 2. The lowest BCUT2D eigenvalue weighted by Crippen LogP contribution is -2.21. The van der Waals surface area contributed by atoms with E-state index in [-0.39, 0.29) is 5.56 Å². The van der Waals surface area contributed by atoms with Gasteiger partial charge < -0.3 is 10.1 Å². The average molecular weight is 301 g/mol. The van der Waals surface area contributed by atoms with Crippen molar-refractivity contribution < 1.29 is 18.7 Å². The highest BCUT2D eigenvalue weighted by atomic mass is 19.1. The zero-order chi connectivity index (χ0) is 16.1. The van der Waals surface area contributed by atoms with Crippen molar-refractivity contribution in [2.75, 3.05) is 11.9 Å². The molecule has 0 saturated heterocycles. The van der Waals surface area contributed by atoms with Gasteiger partial charge in [0, 0.05) is 5.69 Å². The SMILES string of the molecule is Cc1cc(C)cc(NC(=O)COC(=O)c2ccc(F)cc2)c1. The second-order valence-corrected chi connectivity index (χ2v) is 5.01. The molecule has 0 saturated carbocycles. The van der Waals surface area contributed by atoms with Crippen LogP contribution in [0.25, 0.3) is 0 Å². The Bertz CT molecular complexity index is 675. The van der Waals surface area contributed by atoms with Crippen LogP contribution in [0.4, 0.5) is 10.1 Å². The summed E-state index contributed by atoms with van der Waals surface area (Å²) in [5.74, 6) is -1.54. The number of amides is 1. The van der Waals surface area contributed by atoms with Gasteiger partial charge in [0.1, 0.15) is 5.82 Å². The molecule has 1 amide bonds. The molecule has 2 aromatic carbocycles. The van der Waals surface area contributed by atoms with E-state index >= 15 is 0 Å². The summed E-state index contributed by atoms with van der Waals surface area (Å²) in [5.41, 5.74) is 2.90. The molecule has 0 aliphatic carbocycles. The quantitative estimate of drug-likeness (QED) is 0.882. The number of benzene rings is 2. The van der Waals surface area contributed by atoms with Crippen LogP contribution < -0.4 is 5.32 Å². The van der Waals surface area contributed by atoms with Crippen molar-refractivity contribution in [3.8, 4) is 0 Å². The smallest absolute Gasteiger partial charge is 0.338 e. The fraction of sp³-hybridized carbons (Fsp3) is 0.176. The number of esters is 1. The maximum atomic E-state index is 12.8. The number of rotatable bonds is 4. The van der Waals surface area contributed by atoms with Gasteiger partial charge in [-0.3, -0.25) is 4.79 Å². The van der Waals surface area contributed by atoms with Gasteiger partial charge >= 0.3 is 5.97 Å². The third-order valence-electron chi connectivity index (χ3n) is 2.92. The molecule has 0 aliphatic heterocycles. The maximum Gasteiger partial charge on any atom is 0.338 e. The number of carbonyl (C=O) groups excluding carboxylic acids is 2. The van der Waals surface area contributed by atoms with E-state index in [0.29, 0.717) is 5.69 Å². The molecular weight excluding hydrogens is 285 g/mol. The van der Waals surface area contributed by atoms with Crippen molar-refractivity contribution in [3.63, 3.8) is 0 Å². The molecule has 0 atom stereocenters. The van der Waals surface area contributed by atoms with Gasteiger partial charge in [0.05, 0.1) is 5.56 Å². The van der Waals surface area contributed by atoms with Gasteiger partial charge in [0.25, 0.3) is 5.91 Å². The number of hydrogen-bond donors (Lipinski definition) is 1. The molecule has 0 fully saturated rings. The molecule has 0 aromatic heterocycles. The summed E-state index contributed by atoms with van der Waals surface area (Å²) >= 11 is 0. The minimum atomic E-state index is -0.671. The van der Waals surface area contributed by atoms with E-state index < -0.39 is 24.3 Å². The molecule has 0 heterocycles. The van der Waals surface area contributed by atoms with Crippen molar-refractivity contribution >= 4 is 17.6 Å². The van der Waals surface area contributed by atoms with Crippen LogP contribution in [0.3, 0.4) is 0 Å². The first kappa shape index (κ1) is 15.7. The van der Waals surface area contributed by atoms with Crippen molar-refractivity contribution in [1.29, 1.82) is 0 Å².